The van der Waals surface area contributed by atoms with Crippen molar-refractivity contribution in [3.05, 3.63) is 37.4 Å². The molecule has 0 saturated heterocycles. The molecular formula is C11H11Cl3N4O2. The number of benzene rings is 1. The van der Waals surface area contributed by atoms with Crippen molar-refractivity contribution in [2.24, 2.45) is 5.73 Å². The lowest BCUT2D eigenvalue weighted by atomic mass is 10.1. The summed E-state index contributed by atoms with van der Waals surface area (Å²) in [4.78, 5) is 10.1. The summed E-state index contributed by atoms with van der Waals surface area (Å²) in [6.45, 7) is 1.37. The molecule has 0 aliphatic carbocycles. The first kappa shape index (κ1) is 15.3. The minimum atomic E-state index is -1.03. The van der Waals surface area contributed by atoms with E-state index in [0.29, 0.717) is 20.9 Å². The van der Waals surface area contributed by atoms with E-state index in [4.69, 9.17) is 40.5 Å². The first-order valence-electron chi connectivity index (χ1n) is 5.61. The Bertz CT molecular complexity index is 684. The fraction of sp³-hybridized carbons (Fsp3) is 0.364. The van der Waals surface area contributed by atoms with E-state index >= 15 is 0 Å². The number of fused-ring (bicyclic) bond motifs is 1. The topological polar surface area (TPSA) is 87.0 Å². The van der Waals surface area contributed by atoms with Gasteiger partial charge in [-0.2, -0.15) is 5.10 Å². The number of nitro groups is 1. The van der Waals surface area contributed by atoms with Crippen molar-refractivity contribution in [2.75, 3.05) is 6.54 Å². The standard InChI is InChI=1S/C11H11Cl3N4O2/c1-11(15,5-18(19)20)4-17-3-6-7(12)2-8(13)9(14)10(6)16-17/h2-3H,4-5,15H2,1H3. The highest BCUT2D eigenvalue weighted by Gasteiger charge is 2.27. The predicted octanol–water partition coefficient (Wildman–Crippen LogP) is 2.99. The van der Waals surface area contributed by atoms with E-state index in [9.17, 15) is 10.1 Å². The Morgan fingerprint density at radius 3 is 2.70 bits per heavy atom. The smallest absolute Gasteiger partial charge is 0.223 e. The number of aromatic nitrogens is 2. The Kier molecular flexibility index (Phi) is 4.11. The molecule has 1 heterocycles. The lowest BCUT2D eigenvalue weighted by Crippen LogP contribution is -2.47. The minimum absolute atomic E-state index is 0.160. The third kappa shape index (κ3) is 3.15. The zero-order valence-corrected chi connectivity index (χ0v) is 12.7. The summed E-state index contributed by atoms with van der Waals surface area (Å²) in [5, 5.41) is 16.4. The molecule has 108 valence electrons. The van der Waals surface area contributed by atoms with Gasteiger partial charge in [0.15, 0.2) is 0 Å². The Morgan fingerprint density at radius 2 is 2.10 bits per heavy atom. The molecule has 0 spiro atoms. The SMILES string of the molecule is CC(N)(Cn1cc2c(Cl)cc(Cl)c(Cl)c2n1)C[N+](=O)[O-]. The quantitative estimate of drug-likeness (QED) is 0.528. The summed E-state index contributed by atoms with van der Waals surface area (Å²) in [5.41, 5.74) is 5.30. The van der Waals surface area contributed by atoms with E-state index in [1.807, 2.05) is 0 Å². The molecular weight excluding hydrogens is 327 g/mol. The minimum Gasteiger partial charge on any atom is -0.318 e. The van der Waals surface area contributed by atoms with Crippen LogP contribution in [0.5, 0.6) is 0 Å². The van der Waals surface area contributed by atoms with Crippen LogP contribution in [-0.2, 0) is 6.54 Å². The van der Waals surface area contributed by atoms with Gasteiger partial charge in [0.2, 0.25) is 6.54 Å². The molecule has 1 aromatic heterocycles. The van der Waals surface area contributed by atoms with Crippen molar-refractivity contribution < 1.29 is 4.92 Å². The Morgan fingerprint density at radius 1 is 1.45 bits per heavy atom. The molecule has 1 atom stereocenters. The molecule has 2 aromatic rings. The lowest BCUT2D eigenvalue weighted by molar-refractivity contribution is -0.489. The van der Waals surface area contributed by atoms with Crippen molar-refractivity contribution in [3.8, 4) is 0 Å². The largest absolute Gasteiger partial charge is 0.318 e. The zero-order chi connectivity index (χ0) is 15.1. The number of nitrogens with two attached hydrogens (primary N) is 1. The van der Waals surface area contributed by atoms with Crippen LogP contribution >= 0.6 is 34.8 Å². The van der Waals surface area contributed by atoms with Gasteiger partial charge < -0.3 is 5.73 Å². The number of hydrogen-bond acceptors (Lipinski definition) is 4. The van der Waals surface area contributed by atoms with Gasteiger partial charge in [0.1, 0.15) is 5.52 Å². The summed E-state index contributed by atoms with van der Waals surface area (Å²) in [6, 6.07) is 1.53. The third-order valence-corrected chi connectivity index (χ3v) is 3.79. The van der Waals surface area contributed by atoms with Gasteiger partial charge in [0.25, 0.3) is 0 Å². The van der Waals surface area contributed by atoms with Gasteiger partial charge in [-0.3, -0.25) is 14.8 Å². The van der Waals surface area contributed by atoms with E-state index in [1.54, 1.807) is 13.1 Å². The fourth-order valence-corrected chi connectivity index (χ4v) is 2.62. The van der Waals surface area contributed by atoms with Gasteiger partial charge in [0.05, 0.1) is 27.2 Å². The molecule has 2 N–H and O–H groups in total. The van der Waals surface area contributed by atoms with Crippen LogP contribution in [0.4, 0.5) is 0 Å². The van der Waals surface area contributed by atoms with Crippen LogP contribution in [0, 0.1) is 10.1 Å². The number of nitrogens with zero attached hydrogens (tertiary/aromatic N) is 3. The maximum Gasteiger partial charge on any atom is 0.223 e. The highest BCUT2D eigenvalue weighted by Crippen LogP contribution is 2.35. The first-order chi connectivity index (χ1) is 9.19. The molecule has 0 amide bonds. The number of halogens is 3. The second-order valence-corrected chi connectivity index (χ2v) is 6.08. The highest BCUT2D eigenvalue weighted by molar-refractivity contribution is 6.47. The number of hydrogen-bond donors (Lipinski definition) is 1. The zero-order valence-electron chi connectivity index (χ0n) is 10.4. The van der Waals surface area contributed by atoms with Crippen LogP contribution < -0.4 is 5.73 Å². The van der Waals surface area contributed by atoms with E-state index in [0.717, 1.165) is 0 Å². The monoisotopic (exact) mass is 336 g/mol. The van der Waals surface area contributed by atoms with Crippen LogP contribution in [0.1, 0.15) is 6.92 Å². The average molecular weight is 338 g/mol. The molecule has 9 heteroatoms. The van der Waals surface area contributed by atoms with Crippen molar-refractivity contribution >= 4 is 45.7 Å². The van der Waals surface area contributed by atoms with Crippen LogP contribution in [0.3, 0.4) is 0 Å². The molecule has 6 nitrogen and oxygen atoms in total. The average Bonchev–Trinajstić information content (AvgIpc) is 2.67. The van der Waals surface area contributed by atoms with Gasteiger partial charge in [-0.15, -0.1) is 0 Å². The summed E-state index contributed by atoms with van der Waals surface area (Å²) < 4.78 is 1.49. The van der Waals surface area contributed by atoms with Crippen LogP contribution in [0.25, 0.3) is 10.9 Å². The molecule has 0 bridgehead atoms. The Hall–Kier alpha value is -1.08. The van der Waals surface area contributed by atoms with Crippen LogP contribution in [-0.4, -0.2) is 26.8 Å². The van der Waals surface area contributed by atoms with Gasteiger partial charge in [0, 0.05) is 16.5 Å². The summed E-state index contributed by atoms with van der Waals surface area (Å²) >= 11 is 18.1. The maximum absolute atomic E-state index is 10.6. The van der Waals surface area contributed by atoms with Crippen molar-refractivity contribution in [1.82, 2.24) is 9.78 Å². The molecule has 0 aliphatic rings. The van der Waals surface area contributed by atoms with Gasteiger partial charge in [-0.05, 0) is 13.0 Å². The van der Waals surface area contributed by atoms with Crippen molar-refractivity contribution in [1.29, 1.82) is 0 Å². The Labute approximate surface area is 129 Å². The molecule has 0 fully saturated rings. The molecule has 1 aromatic carbocycles. The van der Waals surface area contributed by atoms with Crippen LogP contribution in [0.15, 0.2) is 12.3 Å². The van der Waals surface area contributed by atoms with Crippen molar-refractivity contribution in [2.45, 2.75) is 19.0 Å². The summed E-state index contributed by atoms with van der Waals surface area (Å²) in [7, 11) is 0. The fourth-order valence-electron chi connectivity index (χ4n) is 1.92. The number of rotatable bonds is 4. The Balaban J connectivity index is 2.40. The molecule has 1 unspecified atom stereocenters. The molecule has 2 rings (SSSR count). The molecule has 20 heavy (non-hydrogen) atoms. The molecule has 0 radical (unpaired) electrons. The normalized spacial score (nSPS) is 14.4. The lowest BCUT2D eigenvalue weighted by Gasteiger charge is -2.19. The van der Waals surface area contributed by atoms with E-state index < -0.39 is 10.5 Å². The maximum atomic E-state index is 10.6. The van der Waals surface area contributed by atoms with Crippen molar-refractivity contribution in [3.63, 3.8) is 0 Å². The first-order valence-corrected chi connectivity index (χ1v) is 6.74. The van der Waals surface area contributed by atoms with E-state index in [1.165, 1.54) is 10.7 Å². The molecule has 0 aliphatic heterocycles. The third-order valence-electron chi connectivity index (χ3n) is 2.70. The van der Waals surface area contributed by atoms with Gasteiger partial charge >= 0.3 is 0 Å². The predicted molar refractivity (Wildman–Crippen MR) is 79.2 cm³/mol. The second kappa shape index (κ2) is 5.37. The van der Waals surface area contributed by atoms with E-state index in [2.05, 4.69) is 5.10 Å². The van der Waals surface area contributed by atoms with E-state index in [-0.39, 0.29) is 18.1 Å². The molecule has 0 saturated carbocycles. The second-order valence-electron chi connectivity index (χ2n) is 4.89. The van der Waals surface area contributed by atoms with Gasteiger partial charge in [-0.25, -0.2) is 0 Å². The van der Waals surface area contributed by atoms with Crippen LogP contribution in [0.2, 0.25) is 15.1 Å². The summed E-state index contributed by atoms with van der Waals surface area (Å²) in [6.07, 6.45) is 1.64. The summed E-state index contributed by atoms with van der Waals surface area (Å²) in [5.74, 6) is 0. The van der Waals surface area contributed by atoms with Gasteiger partial charge in [-0.1, -0.05) is 34.8 Å². The highest BCUT2D eigenvalue weighted by atomic mass is 35.5.